The van der Waals surface area contributed by atoms with Crippen molar-refractivity contribution in [2.75, 3.05) is 6.54 Å². The summed E-state index contributed by atoms with van der Waals surface area (Å²) in [5.74, 6) is 2.86. The number of aromatic amines is 1. The number of hydrogen-bond donors (Lipinski definition) is 1. The monoisotopic (exact) mass is 842 g/mol. The molecule has 1 amide bonds. The van der Waals surface area contributed by atoms with Crippen molar-refractivity contribution in [2.45, 2.75) is 150 Å². The van der Waals surface area contributed by atoms with E-state index in [-0.39, 0.29) is 64.2 Å². The van der Waals surface area contributed by atoms with E-state index in [1.165, 1.54) is 32.1 Å². The number of carbonyl (C=O) groups is 3. The van der Waals surface area contributed by atoms with E-state index in [4.69, 9.17) is 14.5 Å². The van der Waals surface area contributed by atoms with Gasteiger partial charge in [0.05, 0.1) is 35.2 Å². The fourth-order valence-corrected chi connectivity index (χ4v) is 16.3. The molecule has 1 aromatic heterocycles. The van der Waals surface area contributed by atoms with E-state index < -0.39 is 5.41 Å². The summed E-state index contributed by atoms with van der Waals surface area (Å²) in [6.45, 7) is 15.4. The lowest BCUT2D eigenvalue weighted by Crippen LogP contribution is -2.66. The number of likely N-dealkylation sites (tertiary alicyclic amines) is 1. The van der Waals surface area contributed by atoms with Gasteiger partial charge in [-0.15, -0.1) is 0 Å². The van der Waals surface area contributed by atoms with Crippen molar-refractivity contribution in [1.82, 2.24) is 14.9 Å². The van der Waals surface area contributed by atoms with Crippen LogP contribution < -0.4 is 0 Å². The number of amides is 1. The topological polar surface area (TPSA) is 102 Å². The number of imidazole rings is 1. The van der Waals surface area contributed by atoms with E-state index in [2.05, 4.69) is 61.8 Å². The molecule has 0 bridgehead atoms. The Labute approximate surface area is 370 Å². The first-order valence-electron chi connectivity index (χ1n) is 24.5. The van der Waals surface area contributed by atoms with Gasteiger partial charge in [0.2, 0.25) is 5.91 Å². The highest BCUT2D eigenvalue weighted by molar-refractivity contribution is 5.84. The van der Waals surface area contributed by atoms with Gasteiger partial charge < -0.3 is 19.4 Å². The second kappa shape index (κ2) is 15.4. The largest absolute Gasteiger partial charge is 0.462 e. The minimum absolute atomic E-state index is 0.0230. The Hall–Kier alpha value is -3.94. The molecule has 8 heteroatoms. The molecule has 332 valence electrons. The molecule has 7 fully saturated rings. The number of esters is 2. The highest BCUT2D eigenvalue weighted by atomic mass is 16.5. The molecule has 2 unspecified atom stereocenters. The number of nitrogens with zero attached hydrogens (tertiary/aromatic N) is 2. The summed E-state index contributed by atoms with van der Waals surface area (Å²) in [4.78, 5) is 53.0. The number of ether oxygens (including phenoxy) is 2. The summed E-state index contributed by atoms with van der Waals surface area (Å²) >= 11 is 0. The maximum absolute atomic E-state index is 15.2. The van der Waals surface area contributed by atoms with Crippen molar-refractivity contribution in [3.05, 3.63) is 78.2 Å². The van der Waals surface area contributed by atoms with Gasteiger partial charge in [0.15, 0.2) is 0 Å². The number of hydrogen-bond acceptors (Lipinski definition) is 6. The van der Waals surface area contributed by atoms with Crippen LogP contribution in [0.4, 0.5) is 0 Å². The predicted octanol–water partition coefficient (Wildman–Crippen LogP) is 11.5. The number of rotatable bonds is 8. The molecule has 10 rings (SSSR count). The first kappa shape index (κ1) is 42.0. The van der Waals surface area contributed by atoms with Crippen LogP contribution in [0.25, 0.3) is 11.3 Å². The summed E-state index contributed by atoms with van der Waals surface area (Å²) in [6, 6.07) is 20.2. The van der Waals surface area contributed by atoms with E-state index in [9.17, 15) is 9.59 Å². The number of nitrogens with one attached hydrogen (secondary N) is 1. The van der Waals surface area contributed by atoms with Crippen LogP contribution in [0.5, 0.6) is 0 Å². The first-order valence-corrected chi connectivity index (χ1v) is 24.5. The minimum Gasteiger partial charge on any atom is -0.462 e. The summed E-state index contributed by atoms with van der Waals surface area (Å²) in [6.07, 6.45) is 16.7. The van der Waals surface area contributed by atoms with Crippen molar-refractivity contribution in [3.63, 3.8) is 0 Å². The number of aromatic nitrogens is 2. The van der Waals surface area contributed by atoms with Crippen molar-refractivity contribution >= 4 is 17.8 Å². The number of carbonyl (C=O) groups excluding carboxylic acids is 3. The average molecular weight is 842 g/mol. The zero-order valence-corrected chi connectivity index (χ0v) is 38.3. The maximum atomic E-state index is 15.2. The van der Waals surface area contributed by atoms with Gasteiger partial charge in [0.25, 0.3) is 0 Å². The van der Waals surface area contributed by atoms with Crippen molar-refractivity contribution in [1.29, 1.82) is 0 Å². The second-order valence-corrected chi connectivity index (χ2v) is 22.7. The fraction of sp³-hybridized carbons (Fsp3) is 0.667. The average Bonchev–Trinajstić information content (AvgIpc) is 4.05. The standard InChI is InChI=1S/C54H71N3O5/c1-34-37-23-27-53(6)45(51(37,4)26-24-44(34)62-48(59)41-31-40(50(41,2)3)47(58)61-33-35-15-9-7-10-16-35)22-21-38-39-19-13-25-54(39,29-28-52(38,53)5)49(60)57-30-14-20-43(57)46-55-32-42(56-46)36-17-11-8-12-18-36/h7-12,15-18,32,34,37-41,43-45H,13-14,19-31,33H2,1-6H3,(H,55,56)/t34-,37?,38-,39-,40+,41-,43+,44+,45?,51+,52-,53-,54+/m1/s1. The van der Waals surface area contributed by atoms with Gasteiger partial charge in [0.1, 0.15) is 18.5 Å². The molecule has 2 heterocycles. The summed E-state index contributed by atoms with van der Waals surface area (Å²) < 4.78 is 12.2. The quantitative estimate of drug-likeness (QED) is 0.227. The van der Waals surface area contributed by atoms with Gasteiger partial charge in [-0.05, 0) is 146 Å². The zero-order chi connectivity index (χ0) is 43.2. The van der Waals surface area contributed by atoms with Crippen molar-refractivity contribution in [3.8, 4) is 11.3 Å². The van der Waals surface area contributed by atoms with Crippen LogP contribution in [-0.4, -0.2) is 45.4 Å². The molecule has 1 N–H and O–H groups in total. The Morgan fingerprint density at radius 2 is 1.48 bits per heavy atom. The Morgan fingerprint density at radius 3 is 2.24 bits per heavy atom. The lowest BCUT2D eigenvalue weighted by Gasteiger charge is -2.71. The fourth-order valence-electron chi connectivity index (χ4n) is 16.3. The molecular formula is C54H71N3O5. The van der Waals surface area contributed by atoms with Gasteiger partial charge in [-0.3, -0.25) is 14.4 Å². The Morgan fingerprint density at radius 1 is 0.742 bits per heavy atom. The van der Waals surface area contributed by atoms with E-state index in [1.54, 1.807) is 0 Å². The Bertz CT molecular complexity index is 2170. The van der Waals surface area contributed by atoms with Crippen LogP contribution >= 0.6 is 0 Å². The molecule has 7 aliphatic rings. The van der Waals surface area contributed by atoms with E-state index in [0.29, 0.717) is 41.9 Å². The molecule has 3 aromatic rings. The lowest BCUT2D eigenvalue weighted by molar-refractivity contribution is -0.236. The smallest absolute Gasteiger partial charge is 0.309 e. The molecule has 8 nitrogen and oxygen atoms in total. The van der Waals surface area contributed by atoms with Gasteiger partial charge in [-0.1, -0.05) is 109 Å². The molecule has 6 aliphatic carbocycles. The van der Waals surface area contributed by atoms with Gasteiger partial charge in [-0.25, -0.2) is 4.98 Å². The third-order valence-electron chi connectivity index (χ3n) is 20.2. The highest BCUT2D eigenvalue weighted by Crippen LogP contribution is 2.76. The van der Waals surface area contributed by atoms with Crippen molar-refractivity contribution in [2.24, 2.45) is 68.5 Å². The van der Waals surface area contributed by atoms with Crippen LogP contribution in [0, 0.1) is 68.5 Å². The number of benzene rings is 2. The third kappa shape index (κ3) is 6.31. The molecule has 13 atom stereocenters. The maximum Gasteiger partial charge on any atom is 0.309 e. The SMILES string of the molecule is C[C@@H]1C2CC[C@]3(C)C(CC[C@@H]4[C@H]5CCC[C@]5(C(=O)N5CCC[C@H]5c5ncc(-c6ccccc6)[nH]5)CC[C@]43C)[C@@]2(C)CC[C@@H]1OC(=O)[C@H]1C[C@@H](C(=O)OCc2ccccc2)C1(C)C. The van der Waals surface area contributed by atoms with Gasteiger partial charge >= 0.3 is 11.9 Å². The minimum atomic E-state index is -0.498. The van der Waals surface area contributed by atoms with Crippen LogP contribution in [0.2, 0.25) is 0 Å². The normalized spacial score (nSPS) is 40.5. The first-order chi connectivity index (χ1) is 29.7. The molecule has 6 saturated carbocycles. The molecule has 0 radical (unpaired) electrons. The van der Waals surface area contributed by atoms with Crippen molar-refractivity contribution < 1.29 is 23.9 Å². The lowest BCUT2D eigenvalue weighted by atomic mass is 9.33. The van der Waals surface area contributed by atoms with Crippen LogP contribution in [0.3, 0.4) is 0 Å². The third-order valence-corrected chi connectivity index (χ3v) is 20.2. The van der Waals surface area contributed by atoms with E-state index >= 15 is 4.79 Å². The molecule has 1 aliphatic heterocycles. The number of H-pyrrole nitrogens is 1. The second-order valence-electron chi connectivity index (χ2n) is 22.7. The van der Waals surface area contributed by atoms with Gasteiger partial charge in [0, 0.05) is 6.54 Å². The van der Waals surface area contributed by atoms with Crippen LogP contribution in [0.1, 0.15) is 149 Å². The molecule has 62 heavy (non-hydrogen) atoms. The molecule has 1 saturated heterocycles. The van der Waals surface area contributed by atoms with Crippen LogP contribution in [0.15, 0.2) is 66.9 Å². The zero-order valence-electron chi connectivity index (χ0n) is 38.3. The Balaban J connectivity index is 0.804. The summed E-state index contributed by atoms with van der Waals surface area (Å²) in [5, 5.41) is 0. The Kier molecular flexibility index (Phi) is 10.4. The van der Waals surface area contributed by atoms with E-state index in [0.717, 1.165) is 80.6 Å². The predicted molar refractivity (Wildman–Crippen MR) is 240 cm³/mol. The number of fused-ring (bicyclic) bond motifs is 7. The molecular weight excluding hydrogens is 771 g/mol. The van der Waals surface area contributed by atoms with Gasteiger partial charge in [-0.2, -0.15) is 0 Å². The van der Waals surface area contributed by atoms with Crippen LogP contribution in [-0.2, 0) is 30.5 Å². The summed E-state index contributed by atoms with van der Waals surface area (Å²) in [5.41, 5.74) is 2.96. The highest BCUT2D eigenvalue weighted by Gasteiger charge is 2.70. The van der Waals surface area contributed by atoms with E-state index in [1.807, 2.05) is 56.4 Å². The summed E-state index contributed by atoms with van der Waals surface area (Å²) in [7, 11) is 0. The molecule has 2 aromatic carbocycles. The molecule has 0 spiro atoms.